The predicted molar refractivity (Wildman–Crippen MR) is 60.1 cm³/mol. The molecule has 2 rings (SSSR count). The van der Waals surface area contributed by atoms with E-state index in [1.54, 1.807) is 0 Å². The number of likely N-dealkylation sites (N-methyl/N-ethyl adjacent to an activating group) is 1. The monoisotopic (exact) mass is 196 g/mol. The molecule has 0 radical (unpaired) electrons. The van der Waals surface area contributed by atoms with Crippen molar-refractivity contribution in [2.24, 2.45) is 17.6 Å². The average molecular weight is 196 g/mol. The Morgan fingerprint density at radius 2 is 1.93 bits per heavy atom. The van der Waals surface area contributed by atoms with Crippen molar-refractivity contribution in [3.8, 4) is 0 Å². The molecule has 0 amide bonds. The molecule has 0 heterocycles. The summed E-state index contributed by atoms with van der Waals surface area (Å²) in [7, 11) is 2.27. The van der Waals surface area contributed by atoms with Crippen LogP contribution in [-0.2, 0) is 0 Å². The van der Waals surface area contributed by atoms with Gasteiger partial charge >= 0.3 is 0 Å². The summed E-state index contributed by atoms with van der Waals surface area (Å²) in [4.78, 5) is 2.56. The highest BCUT2D eigenvalue weighted by Crippen LogP contribution is 2.45. The molecule has 0 aromatic heterocycles. The van der Waals surface area contributed by atoms with Gasteiger partial charge in [0.2, 0.25) is 0 Å². The van der Waals surface area contributed by atoms with Crippen molar-refractivity contribution in [2.75, 3.05) is 13.6 Å². The second-order valence-electron chi connectivity index (χ2n) is 5.52. The van der Waals surface area contributed by atoms with Crippen LogP contribution in [0.5, 0.6) is 0 Å². The number of hydrogen-bond donors (Lipinski definition) is 1. The molecule has 2 aliphatic carbocycles. The molecule has 0 aliphatic heterocycles. The van der Waals surface area contributed by atoms with E-state index in [4.69, 9.17) is 5.73 Å². The molecular formula is C12H24N2. The number of nitrogens with zero attached hydrogens (tertiary/aromatic N) is 1. The van der Waals surface area contributed by atoms with Crippen LogP contribution in [0, 0.1) is 11.8 Å². The molecule has 0 saturated heterocycles. The molecule has 2 unspecified atom stereocenters. The van der Waals surface area contributed by atoms with Gasteiger partial charge in [-0.2, -0.15) is 0 Å². The highest BCUT2D eigenvalue weighted by Gasteiger charge is 2.46. The molecule has 0 bridgehead atoms. The Labute approximate surface area is 87.8 Å². The third kappa shape index (κ3) is 1.70. The third-order valence-electron chi connectivity index (χ3n) is 4.59. The summed E-state index contributed by atoms with van der Waals surface area (Å²) in [5.74, 6) is 1.81. The third-order valence-corrected chi connectivity index (χ3v) is 4.59. The van der Waals surface area contributed by atoms with Crippen molar-refractivity contribution in [1.82, 2.24) is 4.90 Å². The maximum atomic E-state index is 5.97. The minimum absolute atomic E-state index is 0.266. The summed E-state index contributed by atoms with van der Waals surface area (Å²) in [6.07, 6.45) is 5.62. The zero-order valence-electron chi connectivity index (χ0n) is 9.79. The van der Waals surface area contributed by atoms with Gasteiger partial charge in [-0.25, -0.2) is 0 Å². The Morgan fingerprint density at radius 1 is 1.36 bits per heavy atom. The van der Waals surface area contributed by atoms with E-state index in [-0.39, 0.29) is 5.54 Å². The first-order chi connectivity index (χ1) is 6.59. The first-order valence-electron chi connectivity index (χ1n) is 6.02. The summed E-state index contributed by atoms with van der Waals surface area (Å²) in [5, 5.41) is 0. The molecular weight excluding hydrogens is 172 g/mol. The van der Waals surface area contributed by atoms with Gasteiger partial charge in [0.05, 0.1) is 0 Å². The molecule has 2 atom stereocenters. The molecule has 2 aliphatic rings. The minimum atomic E-state index is 0.266. The van der Waals surface area contributed by atoms with Gasteiger partial charge in [-0.05, 0) is 58.4 Å². The normalized spacial score (nSPS) is 28.9. The van der Waals surface area contributed by atoms with E-state index in [0.717, 1.165) is 24.4 Å². The Morgan fingerprint density at radius 3 is 2.29 bits per heavy atom. The van der Waals surface area contributed by atoms with Crippen molar-refractivity contribution in [2.45, 2.75) is 51.1 Å². The van der Waals surface area contributed by atoms with Crippen molar-refractivity contribution >= 4 is 0 Å². The van der Waals surface area contributed by atoms with Gasteiger partial charge < -0.3 is 5.73 Å². The van der Waals surface area contributed by atoms with E-state index in [2.05, 4.69) is 25.8 Å². The van der Waals surface area contributed by atoms with Crippen LogP contribution in [0.15, 0.2) is 0 Å². The SMILES string of the molecule is CC(C1CC1)N(C)C(C)(CN)C1CC1. The van der Waals surface area contributed by atoms with Crippen LogP contribution in [0.1, 0.15) is 39.5 Å². The maximum absolute atomic E-state index is 5.97. The lowest BCUT2D eigenvalue weighted by Crippen LogP contribution is -2.55. The van der Waals surface area contributed by atoms with Crippen molar-refractivity contribution < 1.29 is 0 Å². The summed E-state index contributed by atoms with van der Waals surface area (Å²) in [6, 6.07) is 0.726. The van der Waals surface area contributed by atoms with E-state index in [9.17, 15) is 0 Å². The van der Waals surface area contributed by atoms with Crippen LogP contribution in [0.3, 0.4) is 0 Å². The van der Waals surface area contributed by atoms with Crippen molar-refractivity contribution in [3.05, 3.63) is 0 Å². The Balaban J connectivity index is 2.01. The van der Waals surface area contributed by atoms with Gasteiger partial charge in [0.1, 0.15) is 0 Å². The van der Waals surface area contributed by atoms with Crippen molar-refractivity contribution in [3.63, 3.8) is 0 Å². The smallest absolute Gasteiger partial charge is 0.0331 e. The summed E-state index contributed by atoms with van der Waals surface area (Å²) >= 11 is 0. The molecule has 2 saturated carbocycles. The maximum Gasteiger partial charge on any atom is 0.0331 e. The second kappa shape index (κ2) is 3.49. The van der Waals surface area contributed by atoms with E-state index in [0.29, 0.717) is 0 Å². The first-order valence-corrected chi connectivity index (χ1v) is 6.02. The van der Waals surface area contributed by atoms with Crippen LogP contribution in [-0.4, -0.2) is 30.1 Å². The summed E-state index contributed by atoms with van der Waals surface area (Å²) in [6.45, 7) is 5.53. The van der Waals surface area contributed by atoms with Gasteiger partial charge in [-0.3, -0.25) is 4.90 Å². The van der Waals surface area contributed by atoms with Gasteiger partial charge in [-0.1, -0.05) is 0 Å². The predicted octanol–water partition coefficient (Wildman–Crippen LogP) is 1.84. The molecule has 82 valence electrons. The summed E-state index contributed by atoms with van der Waals surface area (Å²) < 4.78 is 0. The van der Waals surface area contributed by atoms with E-state index in [1.807, 2.05) is 0 Å². The molecule has 14 heavy (non-hydrogen) atoms. The fourth-order valence-electron chi connectivity index (χ4n) is 2.66. The molecule has 2 heteroatoms. The van der Waals surface area contributed by atoms with Gasteiger partial charge in [0.15, 0.2) is 0 Å². The minimum Gasteiger partial charge on any atom is -0.329 e. The molecule has 2 N–H and O–H groups in total. The summed E-state index contributed by atoms with van der Waals surface area (Å²) in [5.41, 5.74) is 6.23. The molecule has 2 fully saturated rings. The fraction of sp³-hybridized carbons (Fsp3) is 1.00. The zero-order valence-corrected chi connectivity index (χ0v) is 9.79. The van der Waals surface area contributed by atoms with E-state index < -0.39 is 0 Å². The Bertz CT molecular complexity index is 208. The second-order valence-corrected chi connectivity index (χ2v) is 5.52. The lowest BCUT2D eigenvalue weighted by atomic mass is 9.91. The number of hydrogen-bond acceptors (Lipinski definition) is 2. The van der Waals surface area contributed by atoms with Crippen molar-refractivity contribution in [1.29, 1.82) is 0 Å². The fourth-order valence-corrected chi connectivity index (χ4v) is 2.66. The highest BCUT2D eigenvalue weighted by atomic mass is 15.2. The quantitative estimate of drug-likeness (QED) is 0.727. The number of rotatable bonds is 5. The molecule has 2 nitrogen and oxygen atoms in total. The van der Waals surface area contributed by atoms with E-state index >= 15 is 0 Å². The largest absolute Gasteiger partial charge is 0.329 e. The van der Waals surface area contributed by atoms with Gasteiger partial charge in [0.25, 0.3) is 0 Å². The lowest BCUT2D eigenvalue weighted by Gasteiger charge is -2.42. The topological polar surface area (TPSA) is 29.3 Å². The van der Waals surface area contributed by atoms with Crippen LogP contribution in [0.4, 0.5) is 0 Å². The van der Waals surface area contributed by atoms with Crippen LogP contribution >= 0.6 is 0 Å². The van der Waals surface area contributed by atoms with Gasteiger partial charge in [-0.15, -0.1) is 0 Å². The molecule has 0 spiro atoms. The average Bonchev–Trinajstić information content (AvgIpc) is 3.06. The van der Waals surface area contributed by atoms with E-state index in [1.165, 1.54) is 25.7 Å². The van der Waals surface area contributed by atoms with Crippen LogP contribution < -0.4 is 5.73 Å². The zero-order chi connectivity index (χ0) is 10.3. The standard InChI is InChI=1S/C12H24N2/c1-9(10-4-5-10)14(3)12(2,8-13)11-6-7-11/h9-11H,4-8,13H2,1-3H3. The Hall–Kier alpha value is -0.0800. The lowest BCUT2D eigenvalue weighted by molar-refractivity contribution is 0.0703. The van der Waals surface area contributed by atoms with Crippen LogP contribution in [0.25, 0.3) is 0 Å². The van der Waals surface area contributed by atoms with Gasteiger partial charge in [0, 0.05) is 18.1 Å². The molecule has 0 aromatic carbocycles. The van der Waals surface area contributed by atoms with Crippen LogP contribution in [0.2, 0.25) is 0 Å². The molecule has 0 aromatic rings. The first kappa shape index (κ1) is 10.4. The highest BCUT2D eigenvalue weighted by molar-refractivity contribution is 5.02. The Kier molecular flexibility index (Phi) is 2.61. The number of nitrogens with two attached hydrogens (primary N) is 1.